The van der Waals surface area contributed by atoms with Crippen LogP contribution in [0.1, 0.15) is 26.2 Å². The molecule has 0 atom stereocenters. The zero-order chi connectivity index (χ0) is 20.1. The van der Waals surface area contributed by atoms with Gasteiger partial charge in [0.05, 0.1) is 16.4 Å². The first kappa shape index (κ1) is 20.1. The largest absolute Gasteiger partial charge is 0.490 e. The van der Waals surface area contributed by atoms with Gasteiger partial charge in [0.15, 0.2) is 11.5 Å². The van der Waals surface area contributed by atoms with Crippen molar-refractivity contribution in [3.8, 4) is 17.2 Å². The molecule has 0 aliphatic carbocycles. The molecule has 0 saturated carbocycles. The summed E-state index contributed by atoms with van der Waals surface area (Å²) < 4.78 is 38.2. The Labute approximate surface area is 163 Å². The lowest BCUT2D eigenvalue weighted by Crippen LogP contribution is -2.35. The second-order valence-electron chi connectivity index (χ2n) is 6.33. The number of nitro groups is 1. The lowest BCUT2D eigenvalue weighted by molar-refractivity contribution is -0.385. The summed E-state index contributed by atoms with van der Waals surface area (Å²) in [6.07, 6.45) is 2.56. The first-order valence-electron chi connectivity index (χ1n) is 9.11. The Morgan fingerprint density at radius 1 is 1.04 bits per heavy atom. The number of rotatable bonds is 7. The average Bonchev–Trinajstić information content (AvgIpc) is 2.70. The number of para-hydroxylation sites is 2. The topological polar surface area (TPSA) is 99.0 Å². The van der Waals surface area contributed by atoms with Crippen LogP contribution in [0.25, 0.3) is 0 Å². The van der Waals surface area contributed by atoms with Gasteiger partial charge < -0.3 is 9.47 Å². The Balaban J connectivity index is 1.95. The van der Waals surface area contributed by atoms with Crippen molar-refractivity contribution in [2.45, 2.75) is 31.1 Å². The highest BCUT2D eigenvalue weighted by molar-refractivity contribution is 7.89. The third kappa shape index (κ3) is 4.26. The molecule has 1 aliphatic heterocycles. The predicted molar refractivity (Wildman–Crippen MR) is 103 cm³/mol. The molecule has 0 radical (unpaired) electrons. The van der Waals surface area contributed by atoms with Gasteiger partial charge in [-0.2, -0.15) is 4.31 Å². The van der Waals surface area contributed by atoms with Crippen molar-refractivity contribution in [2.75, 3.05) is 19.7 Å². The average molecular weight is 406 g/mol. The highest BCUT2D eigenvalue weighted by Gasteiger charge is 2.29. The van der Waals surface area contributed by atoms with Crippen LogP contribution >= 0.6 is 0 Å². The van der Waals surface area contributed by atoms with Gasteiger partial charge in [-0.05, 0) is 44.0 Å². The normalized spacial score (nSPS) is 15.2. The third-order valence-electron chi connectivity index (χ3n) is 4.45. The zero-order valence-electron chi connectivity index (χ0n) is 15.5. The van der Waals surface area contributed by atoms with Gasteiger partial charge in [-0.3, -0.25) is 10.1 Å². The molecule has 2 aromatic rings. The fourth-order valence-corrected chi connectivity index (χ4v) is 4.61. The second kappa shape index (κ2) is 8.57. The molecule has 3 rings (SSSR count). The Bertz CT molecular complexity index is 955. The summed E-state index contributed by atoms with van der Waals surface area (Å²) in [6, 6.07) is 10.5. The minimum atomic E-state index is -3.78. The van der Waals surface area contributed by atoms with Crippen molar-refractivity contribution in [1.29, 1.82) is 0 Å². The SMILES string of the molecule is CCOc1ccccc1Oc1ccc(S(=O)(=O)N2CCCCC2)cc1[N+](=O)[O-]. The number of benzene rings is 2. The standard InChI is InChI=1S/C19H22N2O6S/c1-2-26-18-8-4-5-9-19(18)27-17-11-10-15(14-16(17)21(22)23)28(24,25)20-12-6-3-7-13-20/h4-5,8-11,14H,2-3,6-7,12-13H2,1H3. The minimum Gasteiger partial charge on any atom is -0.490 e. The van der Waals surface area contributed by atoms with Gasteiger partial charge in [0.25, 0.3) is 0 Å². The fraction of sp³-hybridized carbons (Fsp3) is 0.368. The van der Waals surface area contributed by atoms with Crippen LogP contribution in [0, 0.1) is 10.1 Å². The van der Waals surface area contributed by atoms with Gasteiger partial charge in [0.1, 0.15) is 0 Å². The molecule has 0 bridgehead atoms. The summed E-state index contributed by atoms with van der Waals surface area (Å²) >= 11 is 0. The number of ether oxygens (including phenoxy) is 2. The Hall–Kier alpha value is -2.65. The van der Waals surface area contributed by atoms with Gasteiger partial charge in [-0.25, -0.2) is 8.42 Å². The van der Waals surface area contributed by atoms with Gasteiger partial charge in [0, 0.05) is 19.2 Å². The molecule has 1 saturated heterocycles. The van der Waals surface area contributed by atoms with Crippen LogP contribution in [0.4, 0.5) is 5.69 Å². The van der Waals surface area contributed by atoms with Crippen LogP contribution in [0.3, 0.4) is 0 Å². The van der Waals surface area contributed by atoms with E-state index in [2.05, 4.69) is 0 Å². The van der Waals surface area contributed by atoms with E-state index in [0.29, 0.717) is 31.2 Å². The molecule has 1 fully saturated rings. The maximum Gasteiger partial charge on any atom is 0.312 e. The third-order valence-corrected chi connectivity index (χ3v) is 6.34. The van der Waals surface area contributed by atoms with Gasteiger partial charge in [-0.1, -0.05) is 18.6 Å². The van der Waals surface area contributed by atoms with Crippen LogP contribution in [-0.4, -0.2) is 37.3 Å². The van der Waals surface area contributed by atoms with E-state index in [0.717, 1.165) is 25.3 Å². The Kier molecular flexibility index (Phi) is 6.15. The van der Waals surface area contributed by atoms with E-state index in [1.54, 1.807) is 24.3 Å². The molecule has 0 N–H and O–H groups in total. The van der Waals surface area contributed by atoms with E-state index >= 15 is 0 Å². The zero-order valence-corrected chi connectivity index (χ0v) is 16.4. The van der Waals surface area contributed by atoms with E-state index < -0.39 is 20.6 Å². The van der Waals surface area contributed by atoms with Crippen molar-refractivity contribution < 1.29 is 22.8 Å². The molecule has 2 aromatic carbocycles. The summed E-state index contributed by atoms with van der Waals surface area (Å²) in [5.41, 5.74) is -0.413. The van der Waals surface area contributed by atoms with E-state index in [1.165, 1.54) is 16.4 Å². The molecular formula is C19H22N2O6S. The molecule has 9 heteroatoms. The van der Waals surface area contributed by atoms with E-state index in [9.17, 15) is 18.5 Å². The summed E-state index contributed by atoms with van der Waals surface area (Å²) in [7, 11) is -3.78. The van der Waals surface area contributed by atoms with E-state index in [-0.39, 0.29) is 10.6 Å². The summed E-state index contributed by atoms with van der Waals surface area (Å²) in [5, 5.41) is 11.6. The molecular weight excluding hydrogens is 384 g/mol. The highest BCUT2D eigenvalue weighted by Crippen LogP contribution is 2.37. The molecule has 1 aliphatic rings. The maximum atomic E-state index is 12.8. The van der Waals surface area contributed by atoms with Gasteiger partial charge in [0.2, 0.25) is 15.8 Å². The molecule has 0 spiro atoms. The number of nitrogens with zero attached hydrogens (tertiary/aromatic N) is 2. The number of hydrogen-bond acceptors (Lipinski definition) is 6. The monoisotopic (exact) mass is 406 g/mol. The molecule has 28 heavy (non-hydrogen) atoms. The second-order valence-corrected chi connectivity index (χ2v) is 8.27. The van der Waals surface area contributed by atoms with E-state index in [4.69, 9.17) is 9.47 Å². The van der Waals surface area contributed by atoms with Crippen LogP contribution in [0.2, 0.25) is 0 Å². The van der Waals surface area contributed by atoms with Gasteiger partial charge >= 0.3 is 5.69 Å². The van der Waals surface area contributed by atoms with Crippen LogP contribution < -0.4 is 9.47 Å². The van der Waals surface area contributed by atoms with Crippen molar-refractivity contribution in [3.63, 3.8) is 0 Å². The van der Waals surface area contributed by atoms with Crippen molar-refractivity contribution >= 4 is 15.7 Å². The summed E-state index contributed by atoms with van der Waals surface area (Å²) in [6.45, 7) is 3.08. The van der Waals surface area contributed by atoms with Crippen LogP contribution in [0.5, 0.6) is 17.2 Å². The molecule has 0 aromatic heterocycles. The van der Waals surface area contributed by atoms with Gasteiger partial charge in [-0.15, -0.1) is 0 Å². The fourth-order valence-electron chi connectivity index (χ4n) is 3.07. The molecule has 0 unspecified atom stereocenters. The van der Waals surface area contributed by atoms with Crippen molar-refractivity contribution in [2.24, 2.45) is 0 Å². The molecule has 150 valence electrons. The quantitative estimate of drug-likeness (QED) is 0.510. The minimum absolute atomic E-state index is 0.0465. The van der Waals surface area contributed by atoms with E-state index in [1.807, 2.05) is 6.92 Å². The number of sulfonamides is 1. The lowest BCUT2D eigenvalue weighted by Gasteiger charge is -2.25. The molecule has 8 nitrogen and oxygen atoms in total. The maximum absolute atomic E-state index is 12.8. The highest BCUT2D eigenvalue weighted by atomic mass is 32.2. The van der Waals surface area contributed by atoms with Crippen molar-refractivity contribution in [3.05, 3.63) is 52.6 Å². The Morgan fingerprint density at radius 2 is 1.71 bits per heavy atom. The molecule has 1 heterocycles. The smallest absolute Gasteiger partial charge is 0.312 e. The van der Waals surface area contributed by atoms with Crippen LogP contribution in [-0.2, 0) is 10.0 Å². The first-order chi connectivity index (χ1) is 13.4. The number of nitro benzene ring substituents is 1. The van der Waals surface area contributed by atoms with Crippen molar-refractivity contribution in [1.82, 2.24) is 4.31 Å². The predicted octanol–water partition coefficient (Wildman–Crippen LogP) is 3.96. The summed E-state index contributed by atoms with van der Waals surface area (Å²) in [5.74, 6) is 0.721. The Morgan fingerprint density at radius 3 is 2.36 bits per heavy atom. The number of piperidine rings is 1. The molecule has 0 amide bonds. The number of hydrogen-bond donors (Lipinski definition) is 0. The van der Waals surface area contributed by atoms with Crippen LogP contribution in [0.15, 0.2) is 47.4 Å². The first-order valence-corrected chi connectivity index (χ1v) is 10.6. The summed E-state index contributed by atoms with van der Waals surface area (Å²) in [4.78, 5) is 10.8. The lowest BCUT2D eigenvalue weighted by atomic mass is 10.2.